The predicted molar refractivity (Wildman–Crippen MR) is 99.3 cm³/mol. The van der Waals surface area contributed by atoms with Crippen molar-refractivity contribution in [1.29, 1.82) is 5.26 Å². The monoisotopic (exact) mass is 353 g/mol. The van der Waals surface area contributed by atoms with Crippen LogP contribution >= 0.6 is 23.1 Å². The number of Topliss-reactive ketones (excluding diaryl/α,β-unsaturated/α-hetero) is 1. The fraction of sp³-hybridized carbons (Fsp3) is 0.167. The third-order valence-corrected chi connectivity index (χ3v) is 6.03. The lowest BCUT2D eigenvalue weighted by atomic mass is 9.97. The van der Waals surface area contributed by atoms with Gasteiger partial charge in [-0.1, -0.05) is 18.2 Å². The first-order valence-corrected chi connectivity index (χ1v) is 9.47. The van der Waals surface area contributed by atoms with E-state index in [1.807, 2.05) is 18.4 Å². The number of thiophene rings is 1. The Hall–Kier alpha value is -2.36. The first-order valence-electron chi connectivity index (χ1n) is 7.43. The smallest absolute Gasteiger partial charge is 0.215 e. The van der Waals surface area contributed by atoms with Crippen LogP contribution in [0.4, 0.5) is 5.82 Å². The molecule has 0 amide bonds. The van der Waals surface area contributed by atoms with E-state index in [0.717, 1.165) is 28.2 Å². The first-order chi connectivity index (χ1) is 11.7. The largest absolute Gasteiger partial charge is 0.345 e. The molecule has 0 radical (unpaired) electrons. The molecule has 6 heteroatoms. The van der Waals surface area contributed by atoms with E-state index in [2.05, 4.69) is 22.5 Å². The van der Waals surface area contributed by atoms with Gasteiger partial charge in [0.2, 0.25) is 5.78 Å². The van der Waals surface area contributed by atoms with Crippen LogP contribution in [0.5, 0.6) is 0 Å². The SMILES string of the molecule is CSc1sc(C(=O)C(C#N)=CNc2ccccn2)c2c1C=CCC2. The van der Waals surface area contributed by atoms with Gasteiger partial charge in [0.25, 0.3) is 0 Å². The highest BCUT2D eigenvalue weighted by atomic mass is 32.2. The fourth-order valence-corrected chi connectivity index (χ4v) is 4.52. The Bertz CT molecular complexity index is 860. The van der Waals surface area contributed by atoms with Crippen molar-refractivity contribution in [3.8, 4) is 6.07 Å². The minimum Gasteiger partial charge on any atom is -0.345 e. The molecule has 3 rings (SSSR count). The number of nitrogens with one attached hydrogen (secondary N) is 1. The van der Waals surface area contributed by atoms with E-state index in [0.29, 0.717) is 10.7 Å². The number of rotatable bonds is 5. The number of thioether (sulfide) groups is 1. The van der Waals surface area contributed by atoms with Crippen molar-refractivity contribution in [3.05, 3.63) is 58.2 Å². The van der Waals surface area contributed by atoms with E-state index in [-0.39, 0.29) is 11.4 Å². The summed E-state index contributed by atoms with van der Waals surface area (Å²) in [7, 11) is 0. The number of allylic oxidation sites excluding steroid dienone is 2. The number of carbonyl (C=O) groups excluding carboxylic acids is 1. The lowest BCUT2D eigenvalue weighted by Crippen LogP contribution is -2.06. The lowest BCUT2D eigenvalue weighted by Gasteiger charge is -2.08. The second kappa shape index (κ2) is 7.47. The molecule has 0 spiro atoms. The summed E-state index contributed by atoms with van der Waals surface area (Å²) in [6.07, 6.45) is 11.1. The van der Waals surface area contributed by atoms with Crippen LogP contribution in [0.1, 0.15) is 27.2 Å². The minimum atomic E-state index is -0.224. The zero-order valence-corrected chi connectivity index (χ0v) is 14.7. The molecule has 2 heterocycles. The van der Waals surface area contributed by atoms with Crippen LogP contribution in [0.2, 0.25) is 0 Å². The molecule has 0 aliphatic heterocycles. The molecule has 2 aromatic rings. The number of carbonyl (C=O) groups is 1. The summed E-state index contributed by atoms with van der Waals surface area (Å²) in [5.41, 5.74) is 2.29. The summed E-state index contributed by atoms with van der Waals surface area (Å²) >= 11 is 3.11. The van der Waals surface area contributed by atoms with Gasteiger partial charge in [-0.25, -0.2) is 4.98 Å². The van der Waals surface area contributed by atoms with Gasteiger partial charge in [0, 0.05) is 18.0 Å². The predicted octanol–water partition coefficient (Wildman–Crippen LogP) is 4.53. The normalized spacial score (nSPS) is 13.2. The van der Waals surface area contributed by atoms with Gasteiger partial charge < -0.3 is 5.32 Å². The second-order valence-corrected chi connectivity index (χ2v) is 7.21. The summed E-state index contributed by atoms with van der Waals surface area (Å²) in [5.74, 6) is 0.372. The molecule has 0 atom stereocenters. The molecule has 0 aromatic carbocycles. The van der Waals surface area contributed by atoms with Crippen LogP contribution in [0.3, 0.4) is 0 Å². The number of hydrogen-bond donors (Lipinski definition) is 1. The fourth-order valence-electron chi connectivity index (χ4n) is 2.50. The van der Waals surface area contributed by atoms with Crippen LogP contribution in [0.25, 0.3) is 6.08 Å². The van der Waals surface area contributed by atoms with E-state index in [9.17, 15) is 10.1 Å². The number of aromatic nitrogens is 1. The molecule has 1 N–H and O–H groups in total. The van der Waals surface area contributed by atoms with Crippen molar-refractivity contribution >= 4 is 40.8 Å². The Balaban J connectivity index is 1.91. The number of hydrogen-bond acceptors (Lipinski definition) is 6. The molecule has 2 aromatic heterocycles. The van der Waals surface area contributed by atoms with E-state index >= 15 is 0 Å². The van der Waals surface area contributed by atoms with Gasteiger partial charge in [0.15, 0.2) is 0 Å². The van der Waals surface area contributed by atoms with Crippen molar-refractivity contribution < 1.29 is 4.79 Å². The summed E-state index contributed by atoms with van der Waals surface area (Å²) in [4.78, 5) is 17.6. The van der Waals surface area contributed by atoms with E-state index in [1.54, 1.807) is 30.1 Å². The Labute approximate surface area is 148 Å². The molecule has 4 nitrogen and oxygen atoms in total. The summed E-state index contributed by atoms with van der Waals surface area (Å²) in [6, 6.07) is 7.43. The maximum atomic E-state index is 12.8. The van der Waals surface area contributed by atoms with Gasteiger partial charge in [-0.15, -0.1) is 23.1 Å². The Morgan fingerprint density at radius 1 is 1.50 bits per heavy atom. The van der Waals surface area contributed by atoms with Gasteiger partial charge >= 0.3 is 0 Å². The van der Waals surface area contributed by atoms with Gasteiger partial charge in [-0.05, 0) is 36.8 Å². The van der Waals surface area contributed by atoms with Crippen molar-refractivity contribution in [2.24, 2.45) is 0 Å². The number of anilines is 1. The van der Waals surface area contributed by atoms with Crippen molar-refractivity contribution in [1.82, 2.24) is 4.98 Å². The molecule has 0 unspecified atom stereocenters. The summed E-state index contributed by atoms with van der Waals surface area (Å²) < 4.78 is 1.12. The summed E-state index contributed by atoms with van der Waals surface area (Å²) in [5, 5.41) is 12.3. The number of pyridine rings is 1. The van der Waals surface area contributed by atoms with Crippen LogP contribution in [0, 0.1) is 11.3 Å². The zero-order valence-electron chi connectivity index (χ0n) is 13.1. The van der Waals surface area contributed by atoms with Crippen molar-refractivity contribution in [3.63, 3.8) is 0 Å². The highest BCUT2D eigenvalue weighted by Gasteiger charge is 2.24. The summed E-state index contributed by atoms with van der Waals surface area (Å²) in [6.45, 7) is 0. The highest BCUT2D eigenvalue weighted by molar-refractivity contribution is 8.00. The maximum absolute atomic E-state index is 12.8. The van der Waals surface area contributed by atoms with Crippen molar-refractivity contribution in [2.45, 2.75) is 17.1 Å². The van der Waals surface area contributed by atoms with Crippen molar-refractivity contribution in [2.75, 3.05) is 11.6 Å². The molecule has 0 fully saturated rings. The molecule has 0 saturated heterocycles. The van der Waals surface area contributed by atoms with Crippen LogP contribution < -0.4 is 5.32 Å². The average molecular weight is 353 g/mol. The van der Waals surface area contributed by atoms with Crippen LogP contribution in [-0.4, -0.2) is 17.0 Å². The van der Waals surface area contributed by atoms with E-state index in [4.69, 9.17) is 0 Å². The molecular formula is C18H15N3OS2. The molecule has 120 valence electrons. The lowest BCUT2D eigenvalue weighted by molar-refractivity contribution is 0.104. The number of ketones is 1. The van der Waals surface area contributed by atoms with Gasteiger partial charge in [-0.2, -0.15) is 5.26 Å². The third-order valence-electron chi connectivity index (χ3n) is 3.65. The molecule has 24 heavy (non-hydrogen) atoms. The first kappa shape index (κ1) is 16.5. The Morgan fingerprint density at radius 2 is 2.38 bits per heavy atom. The molecular weight excluding hydrogens is 338 g/mol. The highest BCUT2D eigenvalue weighted by Crippen LogP contribution is 2.39. The molecule has 1 aliphatic rings. The van der Waals surface area contributed by atoms with E-state index < -0.39 is 0 Å². The minimum absolute atomic E-state index is 0.0897. The van der Waals surface area contributed by atoms with Gasteiger partial charge in [-0.3, -0.25) is 4.79 Å². The van der Waals surface area contributed by atoms with Gasteiger partial charge in [0.05, 0.1) is 9.09 Å². The number of nitrogens with zero attached hydrogens (tertiary/aromatic N) is 2. The Morgan fingerprint density at radius 3 is 3.08 bits per heavy atom. The molecule has 1 aliphatic carbocycles. The molecule has 0 bridgehead atoms. The van der Waals surface area contributed by atoms with Crippen LogP contribution in [0.15, 0.2) is 46.5 Å². The number of fused-ring (bicyclic) bond motifs is 1. The van der Waals surface area contributed by atoms with Gasteiger partial charge in [0.1, 0.15) is 17.5 Å². The topological polar surface area (TPSA) is 65.8 Å². The third kappa shape index (κ3) is 3.28. The Kier molecular flexibility index (Phi) is 5.14. The van der Waals surface area contributed by atoms with E-state index in [1.165, 1.54) is 17.5 Å². The average Bonchev–Trinajstić information content (AvgIpc) is 3.02. The quantitative estimate of drug-likeness (QED) is 0.370. The number of nitriles is 1. The maximum Gasteiger partial charge on any atom is 0.215 e. The second-order valence-electron chi connectivity index (χ2n) is 5.11. The standard InChI is InChI=1S/C18H15N3OS2/c1-23-18-14-7-3-2-6-13(14)17(24-18)16(22)12(10-19)11-21-15-8-4-5-9-20-15/h3-5,7-9,11H,2,6H2,1H3,(H,20,21). The molecule has 0 saturated carbocycles. The zero-order chi connectivity index (χ0) is 16.9. The van der Waals surface area contributed by atoms with Crippen LogP contribution in [-0.2, 0) is 6.42 Å².